The monoisotopic (exact) mass is 360 g/mol. The summed E-state index contributed by atoms with van der Waals surface area (Å²) in [5.41, 5.74) is 1.80. The van der Waals surface area contributed by atoms with Gasteiger partial charge in [0, 0.05) is 4.47 Å². The van der Waals surface area contributed by atoms with Gasteiger partial charge in [-0.2, -0.15) is 0 Å². The van der Waals surface area contributed by atoms with Gasteiger partial charge in [-0.1, -0.05) is 46.3 Å². The molecule has 4 nitrogen and oxygen atoms in total. The molecular formula is C17H13BrO4. The minimum Gasteiger partial charge on any atom is -0.468 e. The van der Waals surface area contributed by atoms with E-state index < -0.39 is 24.0 Å². The number of rotatable bonds is 2. The first kappa shape index (κ1) is 14.8. The topological polar surface area (TPSA) is 52.6 Å². The highest BCUT2D eigenvalue weighted by Crippen LogP contribution is 2.41. The maximum atomic E-state index is 12.3. The molecule has 0 saturated carbocycles. The predicted octanol–water partition coefficient (Wildman–Crippen LogP) is 3.62. The summed E-state index contributed by atoms with van der Waals surface area (Å²) >= 11 is 3.37. The summed E-state index contributed by atoms with van der Waals surface area (Å²) in [7, 11) is 1.33. The lowest BCUT2D eigenvalue weighted by Gasteiger charge is -2.31. The number of esters is 2. The fourth-order valence-electron chi connectivity index (χ4n) is 2.65. The Hall–Kier alpha value is -2.14. The zero-order chi connectivity index (χ0) is 15.7. The molecule has 2 aromatic rings. The third-order valence-electron chi connectivity index (χ3n) is 3.71. The zero-order valence-corrected chi connectivity index (χ0v) is 13.4. The molecule has 2 aromatic carbocycles. The SMILES string of the molecule is COC(=O)[C@@H]1c2ccccc2C(=O)O[C@H]1c1ccc(Br)cc1. The number of ether oxygens (including phenoxy) is 2. The summed E-state index contributed by atoms with van der Waals surface area (Å²) in [4.78, 5) is 24.5. The number of methoxy groups -OCH3 is 1. The molecule has 0 aromatic heterocycles. The Kier molecular flexibility index (Phi) is 3.98. The molecule has 0 amide bonds. The Morgan fingerprint density at radius 1 is 1.14 bits per heavy atom. The highest BCUT2D eigenvalue weighted by atomic mass is 79.9. The van der Waals surface area contributed by atoms with Crippen LogP contribution in [0.3, 0.4) is 0 Å². The molecule has 3 rings (SSSR count). The fourth-order valence-corrected chi connectivity index (χ4v) is 2.92. The van der Waals surface area contributed by atoms with Gasteiger partial charge in [0.15, 0.2) is 0 Å². The molecule has 1 heterocycles. The first-order valence-corrected chi connectivity index (χ1v) is 7.54. The molecule has 1 aliphatic heterocycles. The third kappa shape index (κ3) is 2.52. The van der Waals surface area contributed by atoms with Crippen LogP contribution in [0.15, 0.2) is 53.0 Å². The largest absolute Gasteiger partial charge is 0.468 e. The third-order valence-corrected chi connectivity index (χ3v) is 4.23. The van der Waals surface area contributed by atoms with Gasteiger partial charge in [0.2, 0.25) is 0 Å². The van der Waals surface area contributed by atoms with Gasteiger partial charge in [0.1, 0.15) is 12.0 Å². The van der Waals surface area contributed by atoms with Crippen molar-refractivity contribution in [2.24, 2.45) is 0 Å². The number of hydrogen-bond acceptors (Lipinski definition) is 4. The van der Waals surface area contributed by atoms with Crippen molar-refractivity contribution in [2.75, 3.05) is 7.11 Å². The van der Waals surface area contributed by atoms with Gasteiger partial charge in [0.05, 0.1) is 12.7 Å². The summed E-state index contributed by atoms with van der Waals surface area (Å²) in [5.74, 6) is -1.52. The molecule has 2 atom stereocenters. The van der Waals surface area contributed by atoms with Crippen molar-refractivity contribution < 1.29 is 19.1 Å². The lowest BCUT2D eigenvalue weighted by molar-refractivity contribution is -0.146. The number of benzene rings is 2. The minimum atomic E-state index is -0.692. The molecule has 0 aliphatic carbocycles. The van der Waals surface area contributed by atoms with Crippen molar-refractivity contribution in [1.29, 1.82) is 0 Å². The average Bonchev–Trinajstić information content (AvgIpc) is 2.55. The molecule has 1 aliphatic rings. The normalized spacial score (nSPS) is 20.0. The first-order chi connectivity index (χ1) is 10.6. The molecule has 22 heavy (non-hydrogen) atoms. The minimum absolute atomic E-state index is 0.409. The second-order valence-electron chi connectivity index (χ2n) is 4.97. The van der Waals surface area contributed by atoms with Gasteiger partial charge >= 0.3 is 11.9 Å². The van der Waals surface area contributed by atoms with Gasteiger partial charge in [0.25, 0.3) is 0 Å². The van der Waals surface area contributed by atoms with Gasteiger partial charge < -0.3 is 9.47 Å². The van der Waals surface area contributed by atoms with E-state index in [0.29, 0.717) is 11.1 Å². The van der Waals surface area contributed by atoms with E-state index in [1.807, 2.05) is 24.3 Å². The Morgan fingerprint density at radius 3 is 2.50 bits per heavy atom. The summed E-state index contributed by atoms with van der Waals surface area (Å²) in [6.45, 7) is 0. The maximum absolute atomic E-state index is 12.3. The van der Waals surface area contributed by atoms with E-state index in [9.17, 15) is 9.59 Å². The molecule has 112 valence electrons. The number of fused-ring (bicyclic) bond motifs is 1. The van der Waals surface area contributed by atoms with E-state index in [4.69, 9.17) is 9.47 Å². The summed E-state index contributed by atoms with van der Waals surface area (Å²) in [6, 6.07) is 14.3. The van der Waals surface area contributed by atoms with E-state index >= 15 is 0 Å². The van der Waals surface area contributed by atoms with E-state index in [-0.39, 0.29) is 0 Å². The van der Waals surface area contributed by atoms with Crippen LogP contribution in [0.25, 0.3) is 0 Å². The van der Waals surface area contributed by atoms with Crippen molar-refractivity contribution in [1.82, 2.24) is 0 Å². The van der Waals surface area contributed by atoms with Gasteiger partial charge in [-0.3, -0.25) is 4.79 Å². The Bertz CT molecular complexity index is 724. The highest BCUT2D eigenvalue weighted by Gasteiger charge is 2.41. The van der Waals surface area contributed by atoms with Crippen LogP contribution in [0.5, 0.6) is 0 Å². The van der Waals surface area contributed by atoms with Crippen LogP contribution in [0.1, 0.15) is 33.5 Å². The lowest BCUT2D eigenvalue weighted by Crippen LogP contribution is -2.31. The molecule has 0 N–H and O–H groups in total. The average molecular weight is 361 g/mol. The van der Waals surface area contributed by atoms with Crippen molar-refractivity contribution >= 4 is 27.9 Å². The molecule has 0 radical (unpaired) electrons. The van der Waals surface area contributed by atoms with Gasteiger partial charge in [-0.25, -0.2) is 4.79 Å². The van der Waals surface area contributed by atoms with Crippen molar-refractivity contribution in [3.8, 4) is 0 Å². The number of carbonyl (C=O) groups excluding carboxylic acids is 2. The molecule has 0 bridgehead atoms. The van der Waals surface area contributed by atoms with Crippen LogP contribution in [0.4, 0.5) is 0 Å². The summed E-state index contributed by atoms with van der Waals surface area (Å²) < 4.78 is 11.3. The molecule has 0 unspecified atom stereocenters. The van der Waals surface area contributed by atoms with Gasteiger partial charge in [-0.15, -0.1) is 0 Å². The van der Waals surface area contributed by atoms with E-state index in [2.05, 4.69) is 15.9 Å². The van der Waals surface area contributed by atoms with E-state index in [1.54, 1.807) is 24.3 Å². The summed E-state index contributed by atoms with van der Waals surface area (Å²) in [5, 5.41) is 0. The van der Waals surface area contributed by atoms with Crippen molar-refractivity contribution in [3.05, 3.63) is 69.7 Å². The van der Waals surface area contributed by atoms with Crippen LogP contribution in [0.2, 0.25) is 0 Å². The first-order valence-electron chi connectivity index (χ1n) is 6.75. The van der Waals surface area contributed by atoms with E-state index in [1.165, 1.54) is 7.11 Å². The summed E-state index contributed by atoms with van der Waals surface area (Å²) in [6.07, 6.45) is -0.692. The van der Waals surface area contributed by atoms with Crippen LogP contribution >= 0.6 is 15.9 Å². The van der Waals surface area contributed by atoms with Crippen LogP contribution in [0, 0.1) is 0 Å². The molecule has 0 fully saturated rings. The standard InChI is InChI=1S/C17H13BrO4/c1-21-17(20)14-12-4-2-3-5-13(12)16(19)22-15(14)10-6-8-11(18)9-7-10/h2-9,14-15H,1H3/t14-,15+/m1/s1. The van der Waals surface area contributed by atoms with Gasteiger partial charge in [-0.05, 0) is 29.3 Å². The quantitative estimate of drug-likeness (QED) is 0.767. The lowest BCUT2D eigenvalue weighted by atomic mass is 9.84. The number of halogens is 1. The molecular weight excluding hydrogens is 348 g/mol. The Balaban J connectivity index is 2.11. The van der Waals surface area contributed by atoms with Crippen LogP contribution in [-0.2, 0) is 14.3 Å². The van der Waals surface area contributed by atoms with Crippen LogP contribution in [-0.4, -0.2) is 19.0 Å². The second kappa shape index (κ2) is 5.93. The molecule has 0 spiro atoms. The van der Waals surface area contributed by atoms with Crippen LogP contribution < -0.4 is 0 Å². The number of hydrogen-bond donors (Lipinski definition) is 0. The maximum Gasteiger partial charge on any atom is 0.339 e. The molecule has 5 heteroatoms. The van der Waals surface area contributed by atoms with Crippen molar-refractivity contribution in [2.45, 2.75) is 12.0 Å². The Labute approximate surface area is 136 Å². The fraction of sp³-hybridized carbons (Fsp3) is 0.176. The van der Waals surface area contributed by atoms with Crippen molar-refractivity contribution in [3.63, 3.8) is 0 Å². The number of carbonyl (C=O) groups is 2. The Morgan fingerprint density at radius 2 is 1.82 bits per heavy atom. The zero-order valence-electron chi connectivity index (χ0n) is 11.8. The highest BCUT2D eigenvalue weighted by molar-refractivity contribution is 9.10. The smallest absolute Gasteiger partial charge is 0.339 e. The molecule has 0 saturated heterocycles. The van der Waals surface area contributed by atoms with E-state index in [0.717, 1.165) is 10.0 Å². The second-order valence-corrected chi connectivity index (χ2v) is 5.88. The number of cyclic esters (lactones) is 1. The predicted molar refractivity (Wildman–Crippen MR) is 83.5 cm³/mol.